The number of hydrogen-bond acceptors (Lipinski definition) is 4. The van der Waals surface area contributed by atoms with Gasteiger partial charge in [0.15, 0.2) is 0 Å². The van der Waals surface area contributed by atoms with E-state index in [4.69, 9.17) is 9.47 Å². The molecule has 0 radical (unpaired) electrons. The van der Waals surface area contributed by atoms with Gasteiger partial charge in [0.2, 0.25) is 11.8 Å². The largest absolute Gasteiger partial charge is 0.481 e. The topological polar surface area (TPSA) is 44.2 Å². The number of hydrogen-bond donors (Lipinski definition) is 0. The molecule has 0 saturated heterocycles. The van der Waals surface area contributed by atoms with Crippen molar-refractivity contribution in [3.05, 3.63) is 57.7 Å². The Morgan fingerprint density at radius 3 is 2.60 bits per heavy atom. The molecule has 0 amide bonds. The predicted octanol–water partition coefficient (Wildman–Crippen LogP) is 5.09. The summed E-state index contributed by atoms with van der Waals surface area (Å²) in [5.74, 6) is 1.30. The van der Waals surface area contributed by atoms with Crippen LogP contribution in [0, 0.1) is 6.92 Å². The molecule has 2 heterocycles. The Morgan fingerprint density at radius 2 is 1.88 bits per heavy atom. The number of aryl methyl sites for hydroxylation is 1. The van der Waals surface area contributed by atoms with Crippen LogP contribution in [0.1, 0.15) is 30.7 Å². The minimum atomic E-state index is 0.0939. The molecule has 3 aromatic rings. The molecule has 0 spiro atoms. The Hall–Kier alpha value is -2.14. The minimum Gasteiger partial charge on any atom is -0.481 e. The Balaban J connectivity index is 2.00. The van der Waals surface area contributed by atoms with Gasteiger partial charge in [0.1, 0.15) is 0 Å². The van der Waals surface area contributed by atoms with Crippen molar-refractivity contribution in [3.63, 3.8) is 0 Å². The fourth-order valence-electron chi connectivity index (χ4n) is 2.81. The zero-order valence-corrected chi connectivity index (χ0v) is 16.4. The highest BCUT2D eigenvalue weighted by molar-refractivity contribution is 9.10. The highest BCUT2D eigenvalue weighted by atomic mass is 79.9. The van der Waals surface area contributed by atoms with E-state index in [-0.39, 0.29) is 6.10 Å². The number of methoxy groups -OCH3 is 1. The van der Waals surface area contributed by atoms with Crippen LogP contribution in [0.2, 0.25) is 0 Å². The van der Waals surface area contributed by atoms with Crippen molar-refractivity contribution >= 4 is 26.8 Å². The van der Waals surface area contributed by atoms with Crippen LogP contribution < -0.4 is 9.47 Å². The number of fused-ring (bicyclic) bond motifs is 1. The summed E-state index contributed by atoms with van der Waals surface area (Å²) < 4.78 is 12.3. The van der Waals surface area contributed by atoms with Crippen LogP contribution in [0.4, 0.5) is 0 Å². The summed E-state index contributed by atoms with van der Waals surface area (Å²) >= 11 is 3.52. The van der Waals surface area contributed by atoms with Crippen molar-refractivity contribution in [2.24, 2.45) is 0 Å². The van der Waals surface area contributed by atoms with E-state index in [2.05, 4.69) is 44.1 Å². The molecular weight excluding hydrogens is 380 g/mol. The monoisotopic (exact) mass is 400 g/mol. The van der Waals surface area contributed by atoms with Gasteiger partial charge in [-0.05, 0) is 56.7 Å². The molecule has 0 N–H and O–H groups in total. The Labute approximate surface area is 156 Å². The summed E-state index contributed by atoms with van der Waals surface area (Å²) in [5, 5.41) is 1.08. The second-order valence-corrected chi connectivity index (χ2v) is 7.21. The van der Waals surface area contributed by atoms with E-state index in [1.807, 2.05) is 39.0 Å². The molecule has 130 valence electrons. The van der Waals surface area contributed by atoms with Gasteiger partial charge in [0.25, 0.3) is 0 Å². The van der Waals surface area contributed by atoms with E-state index in [0.29, 0.717) is 18.2 Å². The maximum Gasteiger partial charge on any atom is 0.217 e. The third-order valence-electron chi connectivity index (χ3n) is 3.75. The summed E-state index contributed by atoms with van der Waals surface area (Å²) in [5.41, 5.74) is 4.01. The molecule has 25 heavy (non-hydrogen) atoms. The number of nitrogens with zero attached hydrogens (tertiary/aromatic N) is 2. The third kappa shape index (κ3) is 4.28. The Bertz CT molecular complexity index is 910. The maximum atomic E-state index is 5.75. The maximum absolute atomic E-state index is 5.75. The van der Waals surface area contributed by atoms with Gasteiger partial charge in [-0.2, -0.15) is 0 Å². The first-order chi connectivity index (χ1) is 11.9. The second kappa shape index (κ2) is 7.40. The summed E-state index contributed by atoms with van der Waals surface area (Å²) in [7, 11) is 1.65. The molecule has 0 saturated carbocycles. The van der Waals surface area contributed by atoms with Gasteiger partial charge >= 0.3 is 0 Å². The van der Waals surface area contributed by atoms with Gasteiger partial charge < -0.3 is 9.47 Å². The van der Waals surface area contributed by atoms with Crippen molar-refractivity contribution in [2.75, 3.05) is 7.11 Å². The fourth-order valence-corrected chi connectivity index (χ4v) is 3.19. The van der Waals surface area contributed by atoms with Gasteiger partial charge in [-0.1, -0.05) is 15.9 Å². The van der Waals surface area contributed by atoms with Crippen molar-refractivity contribution in [3.8, 4) is 11.8 Å². The van der Waals surface area contributed by atoms with E-state index in [1.165, 1.54) is 0 Å². The number of aromatic nitrogens is 2. The highest BCUT2D eigenvalue weighted by Gasteiger charge is 2.11. The lowest BCUT2D eigenvalue weighted by Crippen LogP contribution is -2.08. The number of rotatable bonds is 5. The van der Waals surface area contributed by atoms with E-state index < -0.39 is 0 Å². The van der Waals surface area contributed by atoms with Crippen LogP contribution in [0.25, 0.3) is 10.9 Å². The standard InChI is InChI=1S/C20H21BrN2O2/c1-12(2)25-19-9-14(7-13(3)22-19)8-16-10-15-11-17(21)5-6-18(15)23-20(16)24-4/h5-7,9-12H,8H2,1-4H3. The molecule has 0 fully saturated rings. The molecule has 3 rings (SSSR count). The van der Waals surface area contributed by atoms with Crippen molar-refractivity contribution < 1.29 is 9.47 Å². The molecule has 0 aliphatic heterocycles. The average Bonchev–Trinajstić information content (AvgIpc) is 2.52. The Morgan fingerprint density at radius 1 is 1.08 bits per heavy atom. The van der Waals surface area contributed by atoms with E-state index >= 15 is 0 Å². The normalized spacial score (nSPS) is 11.1. The van der Waals surface area contributed by atoms with Crippen LogP contribution in [-0.4, -0.2) is 23.2 Å². The molecule has 1 aromatic carbocycles. The quantitative estimate of drug-likeness (QED) is 0.598. The summed E-state index contributed by atoms with van der Waals surface area (Å²) in [6.07, 6.45) is 0.799. The number of ether oxygens (including phenoxy) is 2. The first kappa shape index (κ1) is 17.7. The highest BCUT2D eigenvalue weighted by Crippen LogP contribution is 2.27. The summed E-state index contributed by atoms with van der Waals surface area (Å²) in [6.45, 7) is 5.97. The molecule has 0 unspecified atom stereocenters. The lowest BCUT2D eigenvalue weighted by atomic mass is 10.0. The molecular formula is C20H21BrN2O2. The van der Waals surface area contributed by atoms with Crippen molar-refractivity contribution in [1.29, 1.82) is 0 Å². The average molecular weight is 401 g/mol. The lowest BCUT2D eigenvalue weighted by Gasteiger charge is -2.13. The first-order valence-corrected chi connectivity index (χ1v) is 9.01. The first-order valence-electron chi connectivity index (χ1n) is 8.22. The third-order valence-corrected chi connectivity index (χ3v) is 4.24. The van der Waals surface area contributed by atoms with Crippen molar-refractivity contribution in [2.45, 2.75) is 33.3 Å². The van der Waals surface area contributed by atoms with Crippen LogP contribution in [0.3, 0.4) is 0 Å². The second-order valence-electron chi connectivity index (χ2n) is 6.29. The van der Waals surface area contributed by atoms with Gasteiger partial charge in [0.05, 0.1) is 18.7 Å². The van der Waals surface area contributed by atoms with Crippen LogP contribution in [0.15, 0.2) is 40.9 Å². The zero-order chi connectivity index (χ0) is 18.0. The number of halogens is 1. The SMILES string of the molecule is COc1nc2ccc(Br)cc2cc1Cc1cc(C)nc(OC(C)C)c1. The molecule has 4 nitrogen and oxygen atoms in total. The zero-order valence-electron chi connectivity index (χ0n) is 14.8. The molecule has 5 heteroatoms. The van der Waals surface area contributed by atoms with Gasteiger partial charge in [-0.15, -0.1) is 0 Å². The predicted molar refractivity (Wildman–Crippen MR) is 104 cm³/mol. The molecule has 2 aromatic heterocycles. The smallest absolute Gasteiger partial charge is 0.217 e. The summed E-state index contributed by atoms with van der Waals surface area (Å²) in [6, 6.07) is 12.2. The van der Waals surface area contributed by atoms with Crippen LogP contribution in [0.5, 0.6) is 11.8 Å². The molecule has 0 bridgehead atoms. The lowest BCUT2D eigenvalue weighted by molar-refractivity contribution is 0.232. The van der Waals surface area contributed by atoms with Gasteiger partial charge in [-0.3, -0.25) is 0 Å². The van der Waals surface area contributed by atoms with Gasteiger partial charge in [0, 0.05) is 33.6 Å². The Kier molecular flexibility index (Phi) is 5.23. The van der Waals surface area contributed by atoms with E-state index in [0.717, 1.165) is 32.2 Å². The number of benzene rings is 1. The van der Waals surface area contributed by atoms with Gasteiger partial charge in [-0.25, -0.2) is 9.97 Å². The van der Waals surface area contributed by atoms with E-state index in [1.54, 1.807) is 7.11 Å². The minimum absolute atomic E-state index is 0.0939. The van der Waals surface area contributed by atoms with Crippen molar-refractivity contribution in [1.82, 2.24) is 9.97 Å². The molecule has 0 atom stereocenters. The molecule has 0 aliphatic rings. The number of pyridine rings is 2. The van der Waals surface area contributed by atoms with Crippen LogP contribution >= 0.6 is 15.9 Å². The van der Waals surface area contributed by atoms with Crippen LogP contribution in [-0.2, 0) is 6.42 Å². The fraction of sp³-hybridized carbons (Fsp3) is 0.300. The molecule has 0 aliphatic carbocycles. The van der Waals surface area contributed by atoms with E-state index in [9.17, 15) is 0 Å². The summed E-state index contributed by atoms with van der Waals surface area (Å²) in [4.78, 5) is 9.08.